The van der Waals surface area contributed by atoms with Crippen molar-refractivity contribution >= 4 is 0 Å². The molecule has 1 radical (unpaired) electrons. The summed E-state index contributed by atoms with van der Waals surface area (Å²) in [7, 11) is 0. The summed E-state index contributed by atoms with van der Waals surface area (Å²) in [6.07, 6.45) is 4.52. The minimum Gasteiger partial charge on any atom is -0.198 e. The SMILES string of the molecule is CC(C)(C#N)C1C[CH]C1. The predicted molar refractivity (Wildman–Crippen MR) is 36.4 cm³/mol. The second kappa shape index (κ2) is 2.02. The van der Waals surface area contributed by atoms with Crippen LogP contribution in [0, 0.1) is 29.1 Å². The number of hydrogen-bond donors (Lipinski definition) is 0. The highest BCUT2D eigenvalue weighted by molar-refractivity contribution is 5.04. The van der Waals surface area contributed by atoms with Gasteiger partial charge in [0.1, 0.15) is 0 Å². The summed E-state index contributed by atoms with van der Waals surface area (Å²) in [5, 5.41) is 8.67. The third kappa shape index (κ3) is 1.08. The van der Waals surface area contributed by atoms with Gasteiger partial charge in [0.05, 0.1) is 11.5 Å². The van der Waals surface area contributed by atoms with Gasteiger partial charge in [0.2, 0.25) is 0 Å². The van der Waals surface area contributed by atoms with Crippen molar-refractivity contribution in [1.29, 1.82) is 5.26 Å². The van der Waals surface area contributed by atoms with E-state index in [1.807, 2.05) is 13.8 Å². The van der Waals surface area contributed by atoms with Crippen molar-refractivity contribution in [1.82, 2.24) is 0 Å². The average molecular weight is 122 g/mol. The van der Waals surface area contributed by atoms with Crippen LogP contribution in [-0.2, 0) is 0 Å². The first kappa shape index (κ1) is 6.61. The summed E-state index contributed by atoms with van der Waals surface area (Å²) in [4.78, 5) is 0. The maximum atomic E-state index is 8.67. The highest BCUT2D eigenvalue weighted by Crippen LogP contribution is 2.40. The van der Waals surface area contributed by atoms with Crippen molar-refractivity contribution in [3.63, 3.8) is 0 Å². The Morgan fingerprint density at radius 3 is 2.22 bits per heavy atom. The Morgan fingerprint density at radius 2 is 2.11 bits per heavy atom. The van der Waals surface area contributed by atoms with Crippen LogP contribution in [0.2, 0.25) is 0 Å². The van der Waals surface area contributed by atoms with E-state index < -0.39 is 0 Å². The van der Waals surface area contributed by atoms with Crippen LogP contribution < -0.4 is 0 Å². The van der Waals surface area contributed by atoms with Gasteiger partial charge in [-0.3, -0.25) is 0 Å². The van der Waals surface area contributed by atoms with Gasteiger partial charge >= 0.3 is 0 Å². The largest absolute Gasteiger partial charge is 0.198 e. The van der Waals surface area contributed by atoms with Gasteiger partial charge in [-0.25, -0.2) is 0 Å². The number of nitrogens with zero attached hydrogens (tertiary/aromatic N) is 1. The monoisotopic (exact) mass is 122 g/mol. The molecule has 0 aliphatic heterocycles. The van der Waals surface area contributed by atoms with Crippen molar-refractivity contribution in [2.75, 3.05) is 0 Å². The van der Waals surface area contributed by atoms with E-state index in [0.717, 1.165) is 12.8 Å². The van der Waals surface area contributed by atoms with Crippen LogP contribution in [0.5, 0.6) is 0 Å². The molecule has 0 amide bonds. The van der Waals surface area contributed by atoms with Crippen molar-refractivity contribution in [2.24, 2.45) is 11.3 Å². The minimum absolute atomic E-state index is 0.0885. The van der Waals surface area contributed by atoms with Gasteiger partial charge < -0.3 is 0 Å². The van der Waals surface area contributed by atoms with E-state index >= 15 is 0 Å². The molecule has 0 N–H and O–H groups in total. The molecule has 0 spiro atoms. The highest BCUT2D eigenvalue weighted by atomic mass is 14.4. The first-order chi connectivity index (χ1) is 4.17. The van der Waals surface area contributed by atoms with Crippen LogP contribution in [0.4, 0.5) is 0 Å². The summed E-state index contributed by atoms with van der Waals surface area (Å²) in [6, 6.07) is 2.32. The van der Waals surface area contributed by atoms with Crippen molar-refractivity contribution in [3.05, 3.63) is 6.42 Å². The van der Waals surface area contributed by atoms with E-state index in [-0.39, 0.29) is 5.41 Å². The average Bonchev–Trinajstić information content (AvgIpc) is 1.60. The molecule has 49 valence electrons. The second-order valence-corrected chi connectivity index (χ2v) is 3.29. The minimum atomic E-state index is -0.0885. The van der Waals surface area contributed by atoms with E-state index in [0.29, 0.717) is 5.92 Å². The molecule has 1 saturated carbocycles. The molecule has 9 heavy (non-hydrogen) atoms. The number of nitriles is 1. The normalized spacial score (nSPS) is 20.6. The molecule has 1 nitrogen and oxygen atoms in total. The maximum Gasteiger partial charge on any atom is 0.0686 e. The van der Waals surface area contributed by atoms with Crippen LogP contribution in [0.1, 0.15) is 26.7 Å². The van der Waals surface area contributed by atoms with E-state index in [1.165, 1.54) is 0 Å². The van der Waals surface area contributed by atoms with Gasteiger partial charge in [-0.15, -0.1) is 0 Å². The second-order valence-electron chi connectivity index (χ2n) is 3.29. The zero-order valence-electron chi connectivity index (χ0n) is 6.02. The lowest BCUT2D eigenvalue weighted by atomic mass is 9.68. The van der Waals surface area contributed by atoms with Crippen LogP contribution in [-0.4, -0.2) is 0 Å². The lowest BCUT2D eigenvalue weighted by molar-refractivity contribution is 0.229. The molecule has 1 aliphatic rings. The molecule has 0 aromatic rings. The summed E-state index contributed by atoms with van der Waals surface area (Å²) in [6.45, 7) is 4.04. The summed E-state index contributed by atoms with van der Waals surface area (Å²) in [5.41, 5.74) is -0.0885. The van der Waals surface area contributed by atoms with E-state index in [2.05, 4.69) is 12.5 Å². The Balaban J connectivity index is 2.50. The molecule has 0 heterocycles. The highest BCUT2D eigenvalue weighted by Gasteiger charge is 2.33. The zero-order chi connectivity index (χ0) is 6.91. The predicted octanol–water partition coefficient (Wildman–Crippen LogP) is 2.15. The van der Waals surface area contributed by atoms with E-state index in [4.69, 9.17) is 5.26 Å². The smallest absolute Gasteiger partial charge is 0.0686 e. The van der Waals surface area contributed by atoms with Crippen LogP contribution in [0.25, 0.3) is 0 Å². The zero-order valence-corrected chi connectivity index (χ0v) is 6.02. The molecule has 0 saturated heterocycles. The Morgan fingerprint density at radius 1 is 1.56 bits per heavy atom. The first-order valence-corrected chi connectivity index (χ1v) is 3.40. The van der Waals surface area contributed by atoms with Gasteiger partial charge in [0, 0.05) is 0 Å². The van der Waals surface area contributed by atoms with E-state index in [9.17, 15) is 0 Å². The molecule has 0 aromatic heterocycles. The standard InChI is InChI=1S/C8H12N/c1-8(2,6-9)7-4-3-5-7/h3,7H,4-5H2,1-2H3. The molecule has 1 heteroatoms. The first-order valence-electron chi connectivity index (χ1n) is 3.40. The van der Waals surface area contributed by atoms with Crippen molar-refractivity contribution in [2.45, 2.75) is 26.7 Å². The maximum absolute atomic E-state index is 8.67. The van der Waals surface area contributed by atoms with Crippen molar-refractivity contribution < 1.29 is 0 Å². The van der Waals surface area contributed by atoms with E-state index in [1.54, 1.807) is 0 Å². The quantitative estimate of drug-likeness (QED) is 0.522. The molecule has 0 unspecified atom stereocenters. The molecule has 1 aliphatic carbocycles. The fourth-order valence-corrected chi connectivity index (χ4v) is 1.01. The van der Waals surface area contributed by atoms with Crippen LogP contribution in [0.15, 0.2) is 0 Å². The number of rotatable bonds is 1. The van der Waals surface area contributed by atoms with Gasteiger partial charge in [-0.1, -0.05) is 0 Å². The Bertz CT molecular complexity index is 137. The molecular formula is C8H12N. The lowest BCUT2D eigenvalue weighted by Gasteiger charge is -2.34. The molecular weight excluding hydrogens is 110 g/mol. The fraction of sp³-hybridized carbons (Fsp3) is 0.750. The lowest BCUT2D eigenvalue weighted by Crippen LogP contribution is -2.28. The molecule has 0 atom stereocenters. The molecule has 0 aromatic carbocycles. The van der Waals surface area contributed by atoms with Gasteiger partial charge in [-0.2, -0.15) is 5.26 Å². The number of hydrogen-bond acceptors (Lipinski definition) is 1. The third-order valence-electron chi connectivity index (χ3n) is 2.21. The van der Waals surface area contributed by atoms with Crippen molar-refractivity contribution in [3.8, 4) is 6.07 Å². The van der Waals surface area contributed by atoms with Crippen LogP contribution >= 0.6 is 0 Å². The summed E-state index contributed by atoms with van der Waals surface area (Å²) < 4.78 is 0. The summed E-state index contributed by atoms with van der Waals surface area (Å²) >= 11 is 0. The Kier molecular flexibility index (Phi) is 1.48. The topological polar surface area (TPSA) is 23.8 Å². The van der Waals surface area contributed by atoms with Gasteiger partial charge in [0.15, 0.2) is 0 Å². The Hall–Kier alpha value is -0.510. The van der Waals surface area contributed by atoms with Crippen LogP contribution in [0.3, 0.4) is 0 Å². The van der Waals surface area contributed by atoms with Gasteiger partial charge in [0.25, 0.3) is 0 Å². The Labute approximate surface area is 56.7 Å². The fourth-order valence-electron chi connectivity index (χ4n) is 1.01. The van der Waals surface area contributed by atoms with Gasteiger partial charge in [-0.05, 0) is 39.0 Å². The molecule has 1 fully saturated rings. The summed E-state index contributed by atoms with van der Waals surface area (Å²) in [5.74, 6) is 0.627. The molecule has 1 rings (SSSR count). The third-order valence-corrected chi connectivity index (χ3v) is 2.21. The molecule has 0 bridgehead atoms.